The monoisotopic (exact) mass is 353 g/mol. The first-order chi connectivity index (χ1) is 12.2. The molecule has 2 amide bonds. The van der Waals surface area contributed by atoms with Crippen LogP contribution in [0.4, 0.5) is 0 Å². The summed E-state index contributed by atoms with van der Waals surface area (Å²) >= 11 is 1.54. The van der Waals surface area contributed by atoms with Gasteiger partial charge >= 0.3 is 0 Å². The molecule has 2 atom stereocenters. The Morgan fingerprint density at radius 3 is 2.88 bits per heavy atom. The van der Waals surface area contributed by atoms with Gasteiger partial charge in [0.05, 0.1) is 12.5 Å². The van der Waals surface area contributed by atoms with Crippen molar-refractivity contribution in [2.45, 2.75) is 12.5 Å². The number of aliphatic imine (C=N–C) groups is 1. The van der Waals surface area contributed by atoms with Gasteiger partial charge in [-0.05, 0) is 17.6 Å². The number of nitrogens with zero attached hydrogens (tertiary/aromatic N) is 2. The molecular formula is C19H19N3O2S. The predicted octanol–water partition coefficient (Wildman–Crippen LogP) is 2.29. The van der Waals surface area contributed by atoms with Gasteiger partial charge in [-0.3, -0.25) is 14.6 Å². The number of hydrogen-bond acceptors (Lipinski definition) is 4. The molecule has 1 saturated heterocycles. The second-order valence-electron chi connectivity index (χ2n) is 6.26. The van der Waals surface area contributed by atoms with Gasteiger partial charge in [0, 0.05) is 12.3 Å². The van der Waals surface area contributed by atoms with Gasteiger partial charge in [-0.2, -0.15) is 0 Å². The minimum absolute atomic E-state index is 0.0283. The third-order valence-electron chi connectivity index (χ3n) is 4.69. The Labute approximate surface area is 150 Å². The van der Waals surface area contributed by atoms with Crippen LogP contribution in [-0.4, -0.2) is 40.7 Å². The van der Waals surface area contributed by atoms with E-state index in [1.165, 1.54) is 11.8 Å². The molecule has 1 aromatic carbocycles. The summed E-state index contributed by atoms with van der Waals surface area (Å²) in [7, 11) is 0. The minimum Gasteiger partial charge on any atom is -0.322 e. The first-order valence-corrected chi connectivity index (χ1v) is 9.42. The van der Waals surface area contributed by atoms with E-state index >= 15 is 0 Å². The Morgan fingerprint density at radius 1 is 1.32 bits per heavy atom. The van der Waals surface area contributed by atoms with Crippen LogP contribution in [0, 0.1) is 5.92 Å². The lowest BCUT2D eigenvalue weighted by Gasteiger charge is -2.27. The Morgan fingerprint density at radius 2 is 2.16 bits per heavy atom. The van der Waals surface area contributed by atoms with Crippen LogP contribution in [0.2, 0.25) is 0 Å². The largest absolute Gasteiger partial charge is 0.322 e. The summed E-state index contributed by atoms with van der Waals surface area (Å²) < 4.78 is 0. The number of allylic oxidation sites excluding steroid dienone is 3. The molecule has 1 fully saturated rings. The Kier molecular flexibility index (Phi) is 4.44. The van der Waals surface area contributed by atoms with E-state index in [0.717, 1.165) is 23.4 Å². The lowest BCUT2D eigenvalue weighted by atomic mass is 9.94. The smallest absolute Gasteiger partial charge is 0.253 e. The van der Waals surface area contributed by atoms with Crippen LogP contribution >= 0.6 is 11.8 Å². The highest BCUT2D eigenvalue weighted by Gasteiger charge is 2.42. The van der Waals surface area contributed by atoms with E-state index in [1.807, 2.05) is 48.6 Å². The Balaban J connectivity index is 1.64. The molecule has 0 radical (unpaired) electrons. The van der Waals surface area contributed by atoms with Gasteiger partial charge in [-0.25, -0.2) is 0 Å². The molecule has 4 rings (SSSR count). The number of amides is 2. The van der Waals surface area contributed by atoms with E-state index in [1.54, 1.807) is 4.90 Å². The van der Waals surface area contributed by atoms with Crippen LogP contribution < -0.4 is 5.32 Å². The zero-order valence-electron chi connectivity index (χ0n) is 13.7. The van der Waals surface area contributed by atoms with Gasteiger partial charge in [0.1, 0.15) is 6.04 Å². The third kappa shape index (κ3) is 3.14. The molecule has 5 nitrogen and oxygen atoms in total. The zero-order valence-corrected chi connectivity index (χ0v) is 14.5. The van der Waals surface area contributed by atoms with Crippen molar-refractivity contribution in [3.8, 4) is 0 Å². The van der Waals surface area contributed by atoms with Crippen molar-refractivity contribution in [1.82, 2.24) is 10.2 Å². The molecule has 6 heteroatoms. The first kappa shape index (κ1) is 16.1. The summed E-state index contributed by atoms with van der Waals surface area (Å²) in [4.78, 5) is 31.9. The Hall–Kier alpha value is -2.34. The fourth-order valence-electron chi connectivity index (χ4n) is 3.48. The van der Waals surface area contributed by atoms with E-state index in [2.05, 4.69) is 10.3 Å². The summed E-state index contributed by atoms with van der Waals surface area (Å²) in [6.45, 7) is 1.22. The molecule has 1 N–H and O–H groups in total. The highest BCUT2D eigenvalue weighted by atomic mass is 32.2. The average molecular weight is 353 g/mol. The van der Waals surface area contributed by atoms with Crippen LogP contribution in [0.1, 0.15) is 18.0 Å². The number of rotatable bonds is 3. The van der Waals surface area contributed by atoms with Crippen molar-refractivity contribution in [1.29, 1.82) is 0 Å². The number of benzene rings is 1. The number of carbonyl (C=O) groups excluding carboxylic acids is 2. The van der Waals surface area contributed by atoms with Gasteiger partial charge in [0.25, 0.3) is 5.91 Å². The Bertz CT molecular complexity index is 785. The highest BCUT2D eigenvalue weighted by molar-refractivity contribution is 8.14. The molecule has 0 spiro atoms. The number of fused-ring (bicyclic) bond motifs is 1. The molecule has 1 aliphatic carbocycles. The van der Waals surface area contributed by atoms with E-state index < -0.39 is 6.04 Å². The summed E-state index contributed by atoms with van der Waals surface area (Å²) in [5.41, 5.74) is 1.91. The number of thioether (sulfide) groups is 1. The lowest BCUT2D eigenvalue weighted by Crippen LogP contribution is -2.43. The number of amidine groups is 1. The maximum atomic E-state index is 13.0. The quantitative estimate of drug-likeness (QED) is 0.907. The highest BCUT2D eigenvalue weighted by Crippen LogP contribution is 2.35. The van der Waals surface area contributed by atoms with E-state index in [9.17, 15) is 9.59 Å². The zero-order chi connectivity index (χ0) is 17.2. The van der Waals surface area contributed by atoms with E-state index in [-0.39, 0.29) is 17.7 Å². The SMILES string of the molecule is O=C(NC1=NCCS1)C(c1ccccc1)N1CC2=CC=CCC2C1=O. The normalized spacial score (nSPS) is 23.1. The van der Waals surface area contributed by atoms with Crippen molar-refractivity contribution in [2.75, 3.05) is 18.8 Å². The van der Waals surface area contributed by atoms with Gasteiger partial charge < -0.3 is 10.2 Å². The fraction of sp³-hybridized carbons (Fsp3) is 0.316. The number of carbonyl (C=O) groups is 2. The molecule has 0 saturated carbocycles. The number of likely N-dealkylation sites (tertiary alicyclic amines) is 1. The van der Waals surface area contributed by atoms with Gasteiger partial charge in [0.2, 0.25) is 5.91 Å². The maximum Gasteiger partial charge on any atom is 0.253 e. The van der Waals surface area contributed by atoms with Crippen molar-refractivity contribution in [3.05, 3.63) is 59.7 Å². The van der Waals surface area contributed by atoms with E-state index in [0.29, 0.717) is 18.1 Å². The molecule has 2 aliphatic heterocycles. The molecule has 128 valence electrons. The lowest BCUT2D eigenvalue weighted by molar-refractivity contribution is -0.139. The van der Waals surface area contributed by atoms with Gasteiger partial charge in [-0.1, -0.05) is 60.3 Å². The van der Waals surface area contributed by atoms with Gasteiger partial charge in [-0.15, -0.1) is 0 Å². The van der Waals surface area contributed by atoms with Crippen LogP contribution in [0.15, 0.2) is 59.1 Å². The van der Waals surface area contributed by atoms with Crippen LogP contribution in [0.3, 0.4) is 0 Å². The topological polar surface area (TPSA) is 61.8 Å². The fourth-order valence-corrected chi connectivity index (χ4v) is 4.21. The van der Waals surface area contributed by atoms with Crippen molar-refractivity contribution in [2.24, 2.45) is 10.9 Å². The molecule has 2 unspecified atom stereocenters. The van der Waals surface area contributed by atoms with Crippen LogP contribution in [0.25, 0.3) is 0 Å². The molecular weight excluding hydrogens is 334 g/mol. The van der Waals surface area contributed by atoms with Gasteiger partial charge in [0.15, 0.2) is 5.17 Å². The summed E-state index contributed by atoms with van der Waals surface area (Å²) in [6, 6.07) is 8.86. The van der Waals surface area contributed by atoms with E-state index in [4.69, 9.17) is 0 Å². The van der Waals surface area contributed by atoms with Crippen molar-refractivity contribution < 1.29 is 9.59 Å². The summed E-state index contributed by atoms with van der Waals surface area (Å²) in [6.07, 6.45) is 6.72. The maximum absolute atomic E-state index is 13.0. The predicted molar refractivity (Wildman–Crippen MR) is 99.1 cm³/mol. The number of nitrogens with one attached hydrogen (secondary N) is 1. The van der Waals surface area contributed by atoms with Crippen molar-refractivity contribution in [3.63, 3.8) is 0 Å². The molecule has 3 aliphatic rings. The minimum atomic E-state index is -0.635. The average Bonchev–Trinajstić information content (AvgIpc) is 3.25. The molecule has 2 heterocycles. The second kappa shape index (κ2) is 6.88. The third-order valence-corrected chi connectivity index (χ3v) is 5.58. The van der Waals surface area contributed by atoms with Crippen LogP contribution in [0.5, 0.6) is 0 Å². The molecule has 25 heavy (non-hydrogen) atoms. The first-order valence-electron chi connectivity index (χ1n) is 8.43. The standard InChI is InChI=1S/C19H19N3O2S/c23-17(21-19-20-10-11-25-19)16(13-6-2-1-3-7-13)22-12-14-8-4-5-9-15(14)18(22)24/h1-8,15-16H,9-12H2,(H,20,21,23). The summed E-state index contributed by atoms with van der Waals surface area (Å²) in [5.74, 6) is 0.595. The molecule has 1 aromatic rings. The number of hydrogen-bond donors (Lipinski definition) is 1. The molecule has 0 aromatic heterocycles. The molecule has 0 bridgehead atoms. The van der Waals surface area contributed by atoms with Crippen LogP contribution in [-0.2, 0) is 9.59 Å². The second-order valence-corrected chi connectivity index (χ2v) is 7.35. The van der Waals surface area contributed by atoms with Crippen molar-refractivity contribution >= 4 is 28.7 Å². The summed E-state index contributed by atoms with van der Waals surface area (Å²) in [5, 5.41) is 3.55.